The van der Waals surface area contributed by atoms with E-state index in [9.17, 15) is 39.9 Å². The molecule has 1 aromatic carbocycles. The Morgan fingerprint density at radius 1 is 0.566 bits per heavy atom. The molecule has 0 fully saturated rings. The molecule has 0 radical (unpaired) electrons. The Hall–Kier alpha value is -3.46. The van der Waals surface area contributed by atoms with Crippen LogP contribution in [0.5, 0.6) is 0 Å². The molecule has 1 aromatic heterocycles. The predicted molar refractivity (Wildman–Crippen MR) is 316 cm³/mol. The number of carbonyl (C=O) groups excluding carboxylic acids is 4. The number of carboxylic acid groups (broad SMARTS) is 2. The second kappa shape index (κ2) is 54.0. The topological polar surface area (TPSA) is 236 Å². The Kier molecular flexibility index (Phi) is 51.7. The summed E-state index contributed by atoms with van der Waals surface area (Å²) in [6.07, 6.45) is 37.1. The molecule has 16 nitrogen and oxygen atoms in total. The molecule has 1 heterocycles. The van der Waals surface area contributed by atoms with E-state index < -0.39 is 35.7 Å². The summed E-state index contributed by atoms with van der Waals surface area (Å²) in [4.78, 5) is 51.1. The van der Waals surface area contributed by atoms with E-state index in [0.717, 1.165) is 61.1 Å². The fraction of sp³-hybridized carbons (Fsp3) is 0.688. The Labute approximate surface area is 546 Å². The smallest absolute Gasteiger partial charge is 0.550 e. The first-order chi connectivity index (χ1) is 39.4. The molecule has 2 aromatic rings. The number of rotatable bonds is 52. The molecular weight excluding hydrogens is 1090 g/mol. The minimum Gasteiger partial charge on any atom is -0.550 e. The van der Waals surface area contributed by atoms with Crippen LogP contribution in [0.15, 0.2) is 52.7 Å². The molecule has 0 aliphatic heterocycles. The van der Waals surface area contributed by atoms with Crippen LogP contribution in [0.1, 0.15) is 215 Å². The van der Waals surface area contributed by atoms with Crippen LogP contribution >= 0.6 is 11.3 Å². The van der Waals surface area contributed by atoms with Gasteiger partial charge in [0.15, 0.2) is 5.00 Å². The number of ether oxygens (including phenoxy) is 5. The van der Waals surface area contributed by atoms with Crippen LogP contribution in [0.2, 0.25) is 0 Å². The average Bonchev–Trinajstić information content (AvgIpc) is 4.02. The summed E-state index contributed by atoms with van der Waals surface area (Å²) in [5, 5.41) is 51.7. The monoisotopic (exact) mass is 1190 g/mol. The number of hydrogen-bond acceptors (Lipinski definition) is 17. The molecule has 83 heavy (non-hydrogen) atoms. The second-order valence-corrected chi connectivity index (χ2v) is 21.9. The van der Waals surface area contributed by atoms with Crippen LogP contribution in [-0.4, -0.2) is 89.8 Å². The number of azo groups is 1. The number of nitrogens with zero attached hydrogens (tertiary/aromatic N) is 5. The fourth-order valence-electron chi connectivity index (χ4n) is 9.08. The fourth-order valence-corrected chi connectivity index (χ4v) is 9.96. The first-order valence-corrected chi connectivity index (χ1v) is 31.2. The number of unbranched alkanes of at least 4 members (excludes halogenated alkanes) is 22. The standard InChI is InChI=1S/C64H99N5O11S.2Na/c1-5-7-9-11-13-15-17-19-21-23-25-27-29-31-33-54(63(72)73)48-60(70)79-45-43-77-40-38-69(56-35-36-58(52(3)47-56)67-68-62-57(50-65)53(4)59(51-66)81-62)37-39-76-41-42-78-44-46-80-61(71)49-55(64(74)75)34-32-30-28-26-24-22-20-18-16-14-12-10-8-6-2;;/h29-32,35-36,47,54-55H,5-28,33-34,37-46,48-49H2,1-4H3,(H,72,73)(H,74,75);;/q;2*+1/p-2/b31-29+,32-30+,68-67?;;. The molecule has 2 rings (SSSR count). The van der Waals surface area contributed by atoms with Gasteiger partial charge in [-0.1, -0.05) is 167 Å². The van der Waals surface area contributed by atoms with Crippen LogP contribution in [0.3, 0.4) is 0 Å². The van der Waals surface area contributed by atoms with Gasteiger partial charge in [-0.25, -0.2) is 0 Å². The van der Waals surface area contributed by atoms with Crippen molar-refractivity contribution < 1.29 is 112 Å². The largest absolute Gasteiger partial charge is 1.00 e. The molecule has 0 amide bonds. The summed E-state index contributed by atoms with van der Waals surface area (Å²) in [7, 11) is 0. The summed E-state index contributed by atoms with van der Waals surface area (Å²) in [5.74, 6) is -5.75. The van der Waals surface area contributed by atoms with E-state index >= 15 is 0 Å². The number of hydrogen-bond donors (Lipinski definition) is 0. The van der Waals surface area contributed by atoms with Crippen LogP contribution < -0.4 is 74.2 Å². The molecule has 2 unspecified atom stereocenters. The molecule has 0 saturated carbocycles. The number of aryl methyl sites for hydroxylation is 1. The first kappa shape index (κ1) is 79.5. The Morgan fingerprint density at radius 3 is 1.37 bits per heavy atom. The molecule has 0 aliphatic rings. The van der Waals surface area contributed by atoms with Crippen molar-refractivity contribution in [2.75, 3.05) is 70.8 Å². The molecule has 0 saturated heterocycles. The minimum atomic E-state index is -1.28. The predicted octanol–water partition coefficient (Wildman–Crippen LogP) is 7.28. The van der Waals surface area contributed by atoms with Crippen molar-refractivity contribution in [2.45, 2.75) is 207 Å². The number of carbonyl (C=O) groups is 4. The van der Waals surface area contributed by atoms with E-state index in [-0.39, 0.29) is 131 Å². The Morgan fingerprint density at radius 2 is 0.976 bits per heavy atom. The Balaban J connectivity index is 0.0000336. The summed E-state index contributed by atoms with van der Waals surface area (Å²) in [6, 6.07) is 9.85. The molecule has 0 N–H and O–H groups in total. The number of carboxylic acids is 2. The third kappa shape index (κ3) is 39.8. The van der Waals surface area contributed by atoms with Crippen molar-refractivity contribution in [3.05, 3.63) is 64.1 Å². The van der Waals surface area contributed by atoms with Gasteiger partial charge in [-0.15, -0.1) is 21.6 Å². The van der Waals surface area contributed by atoms with Crippen molar-refractivity contribution in [3.8, 4) is 12.1 Å². The van der Waals surface area contributed by atoms with Gasteiger partial charge in [-0.05, 0) is 81.7 Å². The summed E-state index contributed by atoms with van der Waals surface area (Å²) in [6.45, 7) is 10.2. The van der Waals surface area contributed by atoms with Gasteiger partial charge in [0.05, 0.1) is 63.7 Å². The average molecular weight is 1190 g/mol. The van der Waals surface area contributed by atoms with Gasteiger partial charge in [0.1, 0.15) is 30.2 Å². The third-order valence-electron chi connectivity index (χ3n) is 14.1. The van der Waals surface area contributed by atoms with Crippen molar-refractivity contribution in [2.24, 2.45) is 22.1 Å². The van der Waals surface area contributed by atoms with Crippen LogP contribution in [0.4, 0.5) is 16.4 Å². The summed E-state index contributed by atoms with van der Waals surface area (Å²) >= 11 is 1.11. The number of aliphatic carboxylic acids is 2. The van der Waals surface area contributed by atoms with Crippen molar-refractivity contribution in [1.82, 2.24) is 0 Å². The molecule has 19 heteroatoms. The van der Waals surface area contributed by atoms with Gasteiger partial charge in [-0.3, -0.25) is 9.59 Å². The SMILES string of the molecule is CCCCCCCCCCCCC/C=C/CC(CC(=O)OCCOCCOCCN(CCOCCOC(=O)CC(C/C=C/CCCCCCCCCCCCC)C(=O)[O-])c1ccc(N=Nc2sc(C#N)c(C)c2C#N)c(C)c1)C(=O)[O-].[Na+].[Na+]. The van der Waals surface area contributed by atoms with E-state index in [1.54, 1.807) is 6.92 Å². The van der Waals surface area contributed by atoms with E-state index in [0.29, 0.717) is 46.4 Å². The number of allylic oxidation sites excluding steroid dienone is 4. The van der Waals surface area contributed by atoms with Gasteiger partial charge < -0.3 is 48.4 Å². The maximum absolute atomic E-state index is 12.6. The number of nitriles is 2. The van der Waals surface area contributed by atoms with Gasteiger partial charge in [0.25, 0.3) is 0 Å². The van der Waals surface area contributed by atoms with Crippen molar-refractivity contribution in [1.29, 1.82) is 10.5 Å². The number of benzene rings is 1. The maximum atomic E-state index is 12.6. The van der Waals surface area contributed by atoms with Gasteiger partial charge in [-0.2, -0.15) is 10.5 Å². The van der Waals surface area contributed by atoms with E-state index in [1.807, 2.05) is 49.4 Å². The zero-order valence-electron chi connectivity index (χ0n) is 51.7. The molecule has 0 spiro atoms. The van der Waals surface area contributed by atoms with Crippen LogP contribution in [0.25, 0.3) is 0 Å². The number of esters is 2. The molecular formula is C64H97N5Na2O11S. The zero-order valence-corrected chi connectivity index (χ0v) is 56.5. The van der Waals surface area contributed by atoms with Gasteiger partial charge >= 0.3 is 71.1 Å². The Bertz CT molecular complexity index is 2230. The molecule has 0 aliphatic carbocycles. The second-order valence-electron chi connectivity index (χ2n) is 20.9. The van der Waals surface area contributed by atoms with Crippen molar-refractivity contribution >= 4 is 51.6 Å². The van der Waals surface area contributed by atoms with Crippen LogP contribution in [0, 0.1) is 48.3 Å². The van der Waals surface area contributed by atoms with Gasteiger partial charge in [0.2, 0.25) is 0 Å². The number of anilines is 1. The van der Waals surface area contributed by atoms with E-state index in [1.165, 1.54) is 116 Å². The molecule has 0 bridgehead atoms. The first-order valence-electron chi connectivity index (χ1n) is 30.4. The van der Waals surface area contributed by atoms with E-state index in [2.05, 4.69) is 41.1 Å². The normalized spacial score (nSPS) is 12.0. The summed E-state index contributed by atoms with van der Waals surface area (Å²) < 4.78 is 27.9. The minimum absolute atomic E-state index is 0. The van der Waals surface area contributed by atoms with Gasteiger partial charge in [0, 0.05) is 42.6 Å². The number of thiophene rings is 1. The summed E-state index contributed by atoms with van der Waals surface area (Å²) in [5.41, 5.74) is 3.13. The molecule has 452 valence electrons. The molecule has 2 atom stereocenters. The van der Waals surface area contributed by atoms with E-state index in [4.69, 9.17) is 23.7 Å². The quantitative estimate of drug-likeness (QED) is 0.0208. The zero-order chi connectivity index (χ0) is 59.0. The maximum Gasteiger partial charge on any atom is 1.00 e. The van der Waals surface area contributed by atoms with Crippen LogP contribution in [-0.2, 0) is 42.9 Å². The van der Waals surface area contributed by atoms with Crippen molar-refractivity contribution in [3.63, 3.8) is 0 Å². The third-order valence-corrected chi connectivity index (χ3v) is 15.2.